The van der Waals surface area contributed by atoms with Gasteiger partial charge in [-0.2, -0.15) is 0 Å². The van der Waals surface area contributed by atoms with Crippen molar-refractivity contribution >= 4 is 17.5 Å². The van der Waals surface area contributed by atoms with E-state index in [0.717, 1.165) is 56.2 Å². The average Bonchev–Trinajstić information content (AvgIpc) is 2.65. The fourth-order valence-corrected chi connectivity index (χ4v) is 3.47. The molecule has 0 spiro atoms. The molecule has 0 saturated carbocycles. The first-order valence-electron chi connectivity index (χ1n) is 9.11. The van der Waals surface area contributed by atoms with Crippen LogP contribution in [0.25, 0.3) is 0 Å². The summed E-state index contributed by atoms with van der Waals surface area (Å²) in [4.78, 5) is 16.5. The highest BCUT2D eigenvalue weighted by Crippen LogP contribution is 2.18. The molecule has 2 fully saturated rings. The molecule has 0 N–H and O–H groups in total. The number of carbonyl (C=O) groups is 1. The Morgan fingerprint density at radius 1 is 1.12 bits per heavy atom. The van der Waals surface area contributed by atoms with E-state index in [1.165, 1.54) is 0 Å². The summed E-state index contributed by atoms with van der Waals surface area (Å²) >= 11 is 5.89. The molecule has 0 radical (unpaired) electrons. The summed E-state index contributed by atoms with van der Waals surface area (Å²) < 4.78 is 11.2. The molecular weight excluding hydrogens is 340 g/mol. The Bertz CT molecular complexity index is 538. The van der Waals surface area contributed by atoms with E-state index in [-0.39, 0.29) is 5.91 Å². The summed E-state index contributed by atoms with van der Waals surface area (Å²) in [5, 5.41) is 0.753. The maximum atomic E-state index is 12.3. The first-order chi connectivity index (χ1) is 12.2. The van der Waals surface area contributed by atoms with Crippen LogP contribution in [-0.4, -0.2) is 68.3 Å². The molecule has 2 aliphatic rings. The van der Waals surface area contributed by atoms with Crippen molar-refractivity contribution in [3.63, 3.8) is 0 Å². The number of halogens is 1. The third-order valence-electron chi connectivity index (χ3n) is 4.97. The lowest BCUT2D eigenvalue weighted by atomic mass is 9.98. The first-order valence-corrected chi connectivity index (χ1v) is 9.48. The Morgan fingerprint density at radius 2 is 1.80 bits per heavy atom. The van der Waals surface area contributed by atoms with E-state index < -0.39 is 0 Å². The number of benzene rings is 1. The summed E-state index contributed by atoms with van der Waals surface area (Å²) in [6, 6.07) is 7.79. The van der Waals surface area contributed by atoms with Gasteiger partial charge in [0.05, 0.1) is 26.4 Å². The van der Waals surface area contributed by atoms with Crippen molar-refractivity contribution in [3.8, 4) is 0 Å². The summed E-state index contributed by atoms with van der Waals surface area (Å²) in [7, 11) is 0. The summed E-state index contributed by atoms with van der Waals surface area (Å²) in [5.74, 6) is 0.822. The van der Waals surface area contributed by atoms with Crippen LogP contribution in [-0.2, 0) is 20.9 Å². The van der Waals surface area contributed by atoms with Gasteiger partial charge in [0.1, 0.15) is 0 Å². The van der Waals surface area contributed by atoms with Crippen molar-refractivity contribution in [2.24, 2.45) is 5.92 Å². The number of nitrogens with zero attached hydrogens (tertiary/aromatic N) is 2. The van der Waals surface area contributed by atoms with Gasteiger partial charge in [0.25, 0.3) is 0 Å². The van der Waals surface area contributed by atoms with E-state index in [2.05, 4.69) is 4.90 Å². The van der Waals surface area contributed by atoms with Gasteiger partial charge in [-0.3, -0.25) is 9.69 Å². The van der Waals surface area contributed by atoms with Crippen molar-refractivity contribution in [1.82, 2.24) is 9.80 Å². The molecule has 3 rings (SSSR count). The van der Waals surface area contributed by atoms with Crippen molar-refractivity contribution in [1.29, 1.82) is 0 Å². The normalized spacial score (nSPS) is 20.0. The lowest BCUT2D eigenvalue weighted by molar-refractivity contribution is -0.136. The van der Waals surface area contributed by atoms with Gasteiger partial charge in [-0.15, -0.1) is 0 Å². The van der Waals surface area contributed by atoms with Crippen molar-refractivity contribution in [2.75, 3.05) is 52.5 Å². The monoisotopic (exact) mass is 366 g/mol. The molecule has 6 heteroatoms. The number of morpholine rings is 1. The minimum atomic E-state index is 0.237. The molecule has 25 heavy (non-hydrogen) atoms. The lowest BCUT2D eigenvalue weighted by Crippen LogP contribution is -2.47. The number of hydrogen-bond acceptors (Lipinski definition) is 4. The van der Waals surface area contributed by atoms with Crippen molar-refractivity contribution in [2.45, 2.75) is 19.4 Å². The molecule has 0 bridgehead atoms. The average molecular weight is 367 g/mol. The Labute approximate surface area is 154 Å². The zero-order chi connectivity index (χ0) is 17.5. The third kappa shape index (κ3) is 5.96. The quantitative estimate of drug-likeness (QED) is 0.775. The zero-order valence-electron chi connectivity index (χ0n) is 14.7. The van der Waals surface area contributed by atoms with Gasteiger partial charge in [-0.1, -0.05) is 23.7 Å². The fourth-order valence-electron chi connectivity index (χ4n) is 3.34. The topological polar surface area (TPSA) is 42.0 Å². The second-order valence-electron chi connectivity index (χ2n) is 6.85. The Hall–Kier alpha value is -1.14. The van der Waals surface area contributed by atoms with E-state index in [1.807, 2.05) is 29.2 Å². The second-order valence-corrected chi connectivity index (χ2v) is 7.29. The Kier molecular flexibility index (Phi) is 7.11. The molecule has 2 saturated heterocycles. The van der Waals surface area contributed by atoms with Crippen LogP contribution in [0.2, 0.25) is 5.02 Å². The SMILES string of the molecule is O=C(CN1CCC(COCc2ccc(Cl)cc2)CC1)N1CCOCC1. The van der Waals surface area contributed by atoms with Gasteiger partial charge >= 0.3 is 0 Å². The lowest BCUT2D eigenvalue weighted by Gasteiger charge is -2.34. The molecule has 2 heterocycles. The van der Waals surface area contributed by atoms with Crippen LogP contribution in [0.5, 0.6) is 0 Å². The zero-order valence-corrected chi connectivity index (χ0v) is 15.4. The number of hydrogen-bond donors (Lipinski definition) is 0. The fraction of sp³-hybridized carbons (Fsp3) is 0.632. The molecule has 0 atom stereocenters. The summed E-state index contributed by atoms with van der Waals surface area (Å²) in [6.45, 7) is 6.70. The molecule has 1 aromatic rings. The number of amides is 1. The summed E-state index contributed by atoms with van der Waals surface area (Å²) in [6.07, 6.45) is 2.19. The minimum Gasteiger partial charge on any atom is -0.378 e. The highest BCUT2D eigenvalue weighted by Gasteiger charge is 2.24. The molecule has 138 valence electrons. The third-order valence-corrected chi connectivity index (χ3v) is 5.22. The maximum Gasteiger partial charge on any atom is 0.236 e. The van der Waals surface area contributed by atoms with Gasteiger partial charge in [-0.25, -0.2) is 0 Å². The molecular formula is C19H27ClN2O3. The predicted molar refractivity (Wildman–Crippen MR) is 97.7 cm³/mol. The molecule has 0 aromatic heterocycles. The molecule has 0 unspecified atom stereocenters. The molecule has 0 aliphatic carbocycles. The minimum absolute atomic E-state index is 0.237. The van der Waals surface area contributed by atoms with E-state index in [0.29, 0.717) is 32.3 Å². The first kappa shape index (κ1) is 18.6. The van der Waals surface area contributed by atoms with E-state index in [4.69, 9.17) is 21.1 Å². The standard InChI is InChI=1S/C19H27ClN2O3/c20-18-3-1-16(2-4-18)14-25-15-17-5-7-21(8-6-17)13-19(23)22-9-11-24-12-10-22/h1-4,17H,5-15H2. The van der Waals surface area contributed by atoms with E-state index >= 15 is 0 Å². The van der Waals surface area contributed by atoms with Crippen LogP contribution < -0.4 is 0 Å². The maximum absolute atomic E-state index is 12.3. The van der Waals surface area contributed by atoms with Gasteiger partial charge in [0.15, 0.2) is 0 Å². The highest BCUT2D eigenvalue weighted by molar-refractivity contribution is 6.30. The predicted octanol–water partition coefficient (Wildman–Crippen LogP) is 2.43. The van der Waals surface area contributed by atoms with Crippen LogP contribution in [0.15, 0.2) is 24.3 Å². The van der Waals surface area contributed by atoms with Gasteiger partial charge in [0.2, 0.25) is 5.91 Å². The Morgan fingerprint density at radius 3 is 2.48 bits per heavy atom. The Balaban J connectivity index is 1.31. The summed E-state index contributed by atoms with van der Waals surface area (Å²) in [5.41, 5.74) is 1.15. The van der Waals surface area contributed by atoms with E-state index in [9.17, 15) is 4.79 Å². The van der Waals surface area contributed by atoms with Crippen LogP contribution >= 0.6 is 11.6 Å². The highest BCUT2D eigenvalue weighted by atomic mass is 35.5. The molecule has 2 aliphatic heterocycles. The van der Waals surface area contributed by atoms with Gasteiger partial charge < -0.3 is 14.4 Å². The number of piperidine rings is 1. The van der Waals surface area contributed by atoms with E-state index in [1.54, 1.807) is 0 Å². The van der Waals surface area contributed by atoms with Gasteiger partial charge in [-0.05, 0) is 49.5 Å². The van der Waals surface area contributed by atoms with Crippen molar-refractivity contribution in [3.05, 3.63) is 34.9 Å². The molecule has 1 amide bonds. The van der Waals surface area contributed by atoms with Crippen LogP contribution in [0.4, 0.5) is 0 Å². The van der Waals surface area contributed by atoms with Crippen LogP contribution in [0.1, 0.15) is 18.4 Å². The number of ether oxygens (including phenoxy) is 2. The largest absolute Gasteiger partial charge is 0.378 e. The molecule has 5 nitrogen and oxygen atoms in total. The number of rotatable bonds is 6. The molecule has 1 aromatic carbocycles. The number of likely N-dealkylation sites (tertiary alicyclic amines) is 1. The van der Waals surface area contributed by atoms with Crippen molar-refractivity contribution < 1.29 is 14.3 Å². The smallest absolute Gasteiger partial charge is 0.236 e. The van der Waals surface area contributed by atoms with Crippen LogP contribution in [0.3, 0.4) is 0 Å². The second kappa shape index (κ2) is 9.53. The van der Waals surface area contributed by atoms with Gasteiger partial charge in [0, 0.05) is 24.7 Å². The van der Waals surface area contributed by atoms with Crippen LogP contribution in [0, 0.1) is 5.92 Å². The number of carbonyl (C=O) groups excluding carboxylic acids is 1.